The second kappa shape index (κ2) is 7.72. The van der Waals surface area contributed by atoms with E-state index >= 15 is 0 Å². The van der Waals surface area contributed by atoms with Gasteiger partial charge in [-0.2, -0.15) is 0 Å². The van der Waals surface area contributed by atoms with Crippen LogP contribution in [0.5, 0.6) is 0 Å². The Morgan fingerprint density at radius 2 is 1.70 bits per heavy atom. The number of nitrogens with zero attached hydrogens (tertiary/aromatic N) is 2. The van der Waals surface area contributed by atoms with Crippen molar-refractivity contribution < 1.29 is 9.84 Å². The molecule has 3 unspecified atom stereocenters. The molecule has 2 aliphatic rings. The van der Waals surface area contributed by atoms with E-state index in [-0.39, 0.29) is 12.1 Å². The molecular weight excluding hydrogens is 336 g/mol. The molecule has 144 valence electrons. The summed E-state index contributed by atoms with van der Waals surface area (Å²) in [6, 6.07) is 19.0. The summed E-state index contributed by atoms with van der Waals surface area (Å²) in [5, 5.41) is 11.2. The van der Waals surface area contributed by atoms with Gasteiger partial charge >= 0.3 is 0 Å². The number of methoxy groups -OCH3 is 1. The molecule has 0 aromatic heterocycles. The van der Waals surface area contributed by atoms with E-state index in [4.69, 9.17) is 4.74 Å². The third-order valence-electron chi connectivity index (χ3n) is 6.35. The summed E-state index contributed by atoms with van der Waals surface area (Å²) in [4.78, 5) is 4.95. The topological polar surface area (TPSA) is 35.9 Å². The van der Waals surface area contributed by atoms with Crippen LogP contribution in [0.25, 0.3) is 0 Å². The predicted octanol–water partition coefficient (Wildman–Crippen LogP) is 2.82. The van der Waals surface area contributed by atoms with E-state index in [0.29, 0.717) is 0 Å². The Morgan fingerprint density at radius 3 is 2.37 bits per heavy atom. The van der Waals surface area contributed by atoms with Crippen LogP contribution in [0.4, 0.5) is 0 Å². The van der Waals surface area contributed by atoms with Crippen LogP contribution in [0.2, 0.25) is 0 Å². The fourth-order valence-corrected chi connectivity index (χ4v) is 4.74. The van der Waals surface area contributed by atoms with Gasteiger partial charge in [-0.25, -0.2) is 0 Å². The highest BCUT2D eigenvalue weighted by atomic mass is 16.5. The Kier molecular flexibility index (Phi) is 5.33. The van der Waals surface area contributed by atoms with Crippen LogP contribution in [0, 0.1) is 0 Å². The molecule has 4 heteroatoms. The van der Waals surface area contributed by atoms with Crippen LogP contribution in [0.1, 0.15) is 29.7 Å². The van der Waals surface area contributed by atoms with Gasteiger partial charge in [-0.3, -0.25) is 9.80 Å². The fourth-order valence-electron chi connectivity index (χ4n) is 4.74. The molecule has 2 aromatic rings. The van der Waals surface area contributed by atoms with Gasteiger partial charge in [-0.05, 0) is 30.0 Å². The number of piperazine rings is 1. The van der Waals surface area contributed by atoms with Gasteiger partial charge in [0, 0.05) is 45.9 Å². The van der Waals surface area contributed by atoms with Crippen LogP contribution in [-0.4, -0.2) is 60.8 Å². The van der Waals surface area contributed by atoms with Crippen molar-refractivity contribution in [3.05, 3.63) is 71.3 Å². The SMILES string of the molecule is COC(CN1CCN(C2Cc3ccccc3C2(C)O)CC1)c1ccccc1. The number of ether oxygens (including phenoxy) is 1. The molecule has 0 saturated carbocycles. The van der Waals surface area contributed by atoms with Crippen LogP contribution < -0.4 is 0 Å². The molecule has 2 aromatic carbocycles. The summed E-state index contributed by atoms with van der Waals surface area (Å²) < 4.78 is 5.75. The van der Waals surface area contributed by atoms with Gasteiger partial charge in [-0.15, -0.1) is 0 Å². The smallest absolute Gasteiger partial charge is 0.103 e. The van der Waals surface area contributed by atoms with Gasteiger partial charge in [0.25, 0.3) is 0 Å². The molecule has 1 N–H and O–H groups in total. The van der Waals surface area contributed by atoms with Crippen LogP contribution in [0.3, 0.4) is 0 Å². The van der Waals surface area contributed by atoms with Gasteiger partial charge in [0.2, 0.25) is 0 Å². The van der Waals surface area contributed by atoms with E-state index in [1.807, 2.05) is 19.1 Å². The van der Waals surface area contributed by atoms with Gasteiger partial charge in [0.1, 0.15) is 5.60 Å². The van der Waals surface area contributed by atoms with Crippen molar-refractivity contribution in [3.8, 4) is 0 Å². The molecule has 1 heterocycles. The molecule has 0 amide bonds. The summed E-state index contributed by atoms with van der Waals surface area (Å²) >= 11 is 0. The van der Waals surface area contributed by atoms with E-state index in [1.54, 1.807) is 7.11 Å². The lowest BCUT2D eigenvalue weighted by atomic mass is 9.93. The molecule has 1 aliphatic heterocycles. The summed E-state index contributed by atoms with van der Waals surface area (Å²) in [7, 11) is 1.79. The van der Waals surface area contributed by atoms with Crippen molar-refractivity contribution in [2.75, 3.05) is 39.8 Å². The van der Waals surface area contributed by atoms with Crippen molar-refractivity contribution in [1.29, 1.82) is 0 Å². The normalized spacial score (nSPS) is 27.4. The lowest BCUT2D eigenvalue weighted by Gasteiger charge is -2.42. The molecule has 0 bridgehead atoms. The number of hydrogen-bond acceptors (Lipinski definition) is 4. The maximum atomic E-state index is 11.2. The quantitative estimate of drug-likeness (QED) is 0.883. The second-order valence-electron chi connectivity index (χ2n) is 8.00. The highest BCUT2D eigenvalue weighted by Crippen LogP contribution is 2.39. The Labute approximate surface area is 162 Å². The molecule has 4 rings (SSSR count). The van der Waals surface area contributed by atoms with Crippen LogP contribution in [0.15, 0.2) is 54.6 Å². The Morgan fingerprint density at radius 1 is 1.04 bits per heavy atom. The lowest BCUT2D eigenvalue weighted by Crippen LogP contribution is -2.55. The van der Waals surface area contributed by atoms with Crippen molar-refractivity contribution in [1.82, 2.24) is 9.80 Å². The van der Waals surface area contributed by atoms with Gasteiger partial charge in [-0.1, -0.05) is 54.6 Å². The first kappa shape index (κ1) is 18.6. The van der Waals surface area contributed by atoms with Crippen molar-refractivity contribution in [3.63, 3.8) is 0 Å². The van der Waals surface area contributed by atoms with Gasteiger partial charge < -0.3 is 9.84 Å². The summed E-state index contributed by atoms with van der Waals surface area (Å²) in [6.07, 6.45) is 1.05. The second-order valence-corrected chi connectivity index (χ2v) is 8.00. The third-order valence-corrected chi connectivity index (χ3v) is 6.35. The zero-order valence-corrected chi connectivity index (χ0v) is 16.3. The van der Waals surface area contributed by atoms with Crippen molar-refractivity contribution in [2.24, 2.45) is 0 Å². The first-order valence-corrected chi connectivity index (χ1v) is 9.94. The number of benzene rings is 2. The lowest BCUT2D eigenvalue weighted by molar-refractivity contribution is -0.0462. The minimum absolute atomic E-state index is 0.108. The molecule has 4 nitrogen and oxygen atoms in total. The highest BCUT2D eigenvalue weighted by Gasteiger charge is 2.45. The zero-order chi connectivity index (χ0) is 18.9. The van der Waals surface area contributed by atoms with E-state index in [9.17, 15) is 5.11 Å². The third kappa shape index (κ3) is 3.67. The van der Waals surface area contributed by atoms with E-state index in [1.165, 1.54) is 11.1 Å². The summed E-state index contributed by atoms with van der Waals surface area (Å²) in [5.41, 5.74) is 2.86. The molecule has 0 spiro atoms. The number of fused-ring (bicyclic) bond motifs is 1. The number of aliphatic hydroxyl groups is 1. The molecule has 3 atom stereocenters. The van der Waals surface area contributed by atoms with Crippen molar-refractivity contribution in [2.45, 2.75) is 31.1 Å². The summed E-state index contributed by atoms with van der Waals surface area (Å²) in [5.74, 6) is 0. The Hall–Kier alpha value is -1.72. The molecule has 1 aliphatic carbocycles. The average molecular weight is 367 g/mol. The molecular formula is C23H30N2O2. The molecule has 0 radical (unpaired) electrons. The van der Waals surface area contributed by atoms with Gasteiger partial charge in [0.05, 0.1) is 6.10 Å². The Bertz CT molecular complexity index is 754. The molecule has 1 fully saturated rings. The summed E-state index contributed by atoms with van der Waals surface area (Å²) in [6.45, 7) is 6.88. The largest absolute Gasteiger partial charge is 0.384 e. The zero-order valence-electron chi connectivity index (χ0n) is 16.3. The standard InChI is InChI=1S/C23H30N2O2/c1-23(26)20-11-7-6-10-19(20)16-22(23)25-14-12-24(13-15-25)17-21(27-2)18-8-4-3-5-9-18/h3-11,21-22,26H,12-17H2,1-2H3. The van der Waals surface area contributed by atoms with Crippen molar-refractivity contribution >= 4 is 0 Å². The fraction of sp³-hybridized carbons (Fsp3) is 0.478. The van der Waals surface area contributed by atoms with E-state index < -0.39 is 5.60 Å². The maximum absolute atomic E-state index is 11.2. The monoisotopic (exact) mass is 366 g/mol. The van der Waals surface area contributed by atoms with E-state index in [2.05, 4.69) is 52.3 Å². The molecule has 1 saturated heterocycles. The minimum atomic E-state index is -0.766. The van der Waals surface area contributed by atoms with Crippen LogP contribution >= 0.6 is 0 Å². The number of rotatable bonds is 5. The van der Waals surface area contributed by atoms with Crippen LogP contribution in [-0.2, 0) is 16.8 Å². The number of hydrogen-bond donors (Lipinski definition) is 1. The van der Waals surface area contributed by atoms with E-state index in [0.717, 1.165) is 44.7 Å². The Balaban J connectivity index is 1.37. The van der Waals surface area contributed by atoms with Gasteiger partial charge in [0.15, 0.2) is 0 Å². The maximum Gasteiger partial charge on any atom is 0.103 e. The first-order valence-electron chi connectivity index (χ1n) is 9.94. The first-order chi connectivity index (χ1) is 13.1. The molecule has 27 heavy (non-hydrogen) atoms. The predicted molar refractivity (Wildman–Crippen MR) is 108 cm³/mol. The minimum Gasteiger partial charge on any atom is -0.384 e. The highest BCUT2D eigenvalue weighted by molar-refractivity contribution is 5.39. The average Bonchev–Trinajstić information content (AvgIpc) is 2.98.